The molecule has 0 saturated carbocycles. The minimum Gasteiger partial charge on any atom is -0.493 e. The Bertz CT molecular complexity index is 705. The van der Waals surface area contributed by atoms with E-state index in [0.717, 1.165) is 5.56 Å². The molecule has 0 radical (unpaired) electrons. The molecule has 7 heteroatoms. The van der Waals surface area contributed by atoms with E-state index < -0.39 is 12.1 Å². The van der Waals surface area contributed by atoms with E-state index in [1.807, 2.05) is 6.07 Å². The fourth-order valence-corrected chi connectivity index (χ4v) is 2.41. The van der Waals surface area contributed by atoms with Gasteiger partial charge in [-0.15, -0.1) is 0 Å². The summed E-state index contributed by atoms with van der Waals surface area (Å²) in [5.41, 5.74) is 1.20. The minimum atomic E-state index is -0.656. The highest BCUT2D eigenvalue weighted by Crippen LogP contribution is 2.38. The highest BCUT2D eigenvalue weighted by molar-refractivity contribution is 5.89. The van der Waals surface area contributed by atoms with Crippen molar-refractivity contribution in [1.82, 2.24) is 0 Å². The van der Waals surface area contributed by atoms with Gasteiger partial charge in [0.2, 0.25) is 5.75 Å². The van der Waals surface area contributed by atoms with Gasteiger partial charge in [-0.3, -0.25) is 0 Å². The fourth-order valence-electron chi connectivity index (χ4n) is 2.41. The third kappa shape index (κ3) is 5.60. The van der Waals surface area contributed by atoms with Crippen molar-refractivity contribution in [3.8, 4) is 17.2 Å². The molecule has 0 aromatic heterocycles. The third-order valence-corrected chi connectivity index (χ3v) is 3.82. The van der Waals surface area contributed by atoms with Crippen LogP contribution in [-0.4, -0.2) is 51.7 Å². The molecular weight excluding hydrogens is 352 g/mol. The summed E-state index contributed by atoms with van der Waals surface area (Å²) in [6.45, 7) is -0.175. The summed E-state index contributed by atoms with van der Waals surface area (Å²) in [4.78, 5) is 12.0. The zero-order valence-electron chi connectivity index (χ0n) is 15.6. The first-order chi connectivity index (χ1) is 13.1. The first-order valence-corrected chi connectivity index (χ1v) is 8.36. The van der Waals surface area contributed by atoms with E-state index in [1.165, 1.54) is 21.3 Å². The Balaban J connectivity index is 1.96. The van der Waals surface area contributed by atoms with Crippen LogP contribution in [0.1, 0.15) is 15.9 Å². The lowest BCUT2D eigenvalue weighted by atomic mass is 10.2. The lowest BCUT2D eigenvalue weighted by molar-refractivity contribution is -0.0389. The first kappa shape index (κ1) is 20.5. The maximum absolute atomic E-state index is 12.0. The lowest BCUT2D eigenvalue weighted by Crippen LogP contribution is -2.25. The maximum Gasteiger partial charge on any atom is 0.338 e. The Kier molecular flexibility index (Phi) is 7.91. The van der Waals surface area contributed by atoms with Gasteiger partial charge in [0.15, 0.2) is 11.5 Å². The smallest absolute Gasteiger partial charge is 0.338 e. The molecule has 0 bridgehead atoms. The molecule has 0 unspecified atom stereocenters. The number of benzene rings is 2. The average molecular weight is 376 g/mol. The monoisotopic (exact) mass is 376 g/mol. The van der Waals surface area contributed by atoms with Crippen LogP contribution in [0.25, 0.3) is 0 Å². The van der Waals surface area contributed by atoms with Crippen LogP contribution in [0.15, 0.2) is 42.5 Å². The number of hydrogen-bond acceptors (Lipinski definition) is 7. The van der Waals surface area contributed by atoms with Crippen molar-refractivity contribution < 1.29 is 33.6 Å². The zero-order valence-corrected chi connectivity index (χ0v) is 15.6. The number of carbonyl (C=O) groups excluding carboxylic acids is 1. The maximum atomic E-state index is 12.0. The van der Waals surface area contributed by atoms with Crippen molar-refractivity contribution >= 4 is 5.97 Å². The number of aliphatic hydroxyl groups excluding tert-OH is 1. The summed E-state index contributed by atoms with van der Waals surface area (Å²) >= 11 is 0. The summed E-state index contributed by atoms with van der Waals surface area (Å²) in [6, 6.07) is 12.1. The van der Waals surface area contributed by atoms with Gasteiger partial charge in [0.1, 0.15) is 12.7 Å². The molecule has 0 saturated heterocycles. The third-order valence-electron chi connectivity index (χ3n) is 3.82. The van der Waals surface area contributed by atoms with Gasteiger partial charge < -0.3 is 28.8 Å². The number of rotatable bonds is 10. The van der Waals surface area contributed by atoms with Gasteiger partial charge in [0.25, 0.3) is 0 Å². The Morgan fingerprint density at radius 3 is 2.15 bits per heavy atom. The fraction of sp³-hybridized carbons (Fsp3) is 0.350. The normalized spacial score (nSPS) is 11.6. The molecule has 0 spiro atoms. The number of aliphatic hydroxyl groups is 1. The topological polar surface area (TPSA) is 83.5 Å². The molecule has 0 aliphatic heterocycles. The van der Waals surface area contributed by atoms with Crippen LogP contribution in [0.4, 0.5) is 0 Å². The van der Waals surface area contributed by atoms with E-state index >= 15 is 0 Å². The van der Waals surface area contributed by atoms with Crippen LogP contribution < -0.4 is 14.2 Å². The van der Waals surface area contributed by atoms with E-state index in [2.05, 4.69) is 0 Å². The van der Waals surface area contributed by atoms with Gasteiger partial charge in [-0.25, -0.2) is 4.79 Å². The van der Waals surface area contributed by atoms with E-state index in [1.54, 1.807) is 36.4 Å². The van der Waals surface area contributed by atoms with Gasteiger partial charge in [-0.2, -0.15) is 0 Å². The number of hydrogen-bond donors (Lipinski definition) is 1. The minimum absolute atomic E-state index is 0.0609. The van der Waals surface area contributed by atoms with E-state index in [-0.39, 0.29) is 19.8 Å². The summed E-state index contributed by atoms with van der Waals surface area (Å²) < 4.78 is 26.7. The highest BCUT2D eigenvalue weighted by Gasteiger charge is 2.16. The van der Waals surface area contributed by atoms with Crippen molar-refractivity contribution in [3.63, 3.8) is 0 Å². The molecule has 0 aliphatic rings. The Morgan fingerprint density at radius 1 is 1.00 bits per heavy atom. The second-order valence-corrected chi connectivity index (χ2v) is 5.61. The predicted molar refractivity (Wildman–Crippen MR) is 98.5 cm³/mol. The standard InChI is InChI=1S/C20H24O7/c1-23-17-9-14(10-18(24-2)19(17)25-3)12-26-16(11-21)13-27-20(22)15-7-5-4-6-8-15/h4-10,16,21H,11-13H2,1-3H3/t16-/m1/s1. The van der Waals surface area contributed by atoms with Gasteiger partial charge in [0.05, 0.1) is 40.1 Å². The van der Waals surface area contributed by atoms with E-state index in [0.29, 0.717) is 22.8 Å². The molecule has 0 fully saturated rings. The molecule has 2 aromatic carbocycles. The molecule has 1 atom stereocenters. The first-order valence-electron chi connectivity index (χ1n) is 8.36. The summed E-state index contributed by atoms with van der Waals surface area (Å²) in [7, 11) is 4.59. The molecule has 2 aromatic rings. The van der Waals surface area contributed by atoms with Crippen LogP contribution in [-0.2, 0) is 16.1 Å². The molecule has 1 N–H and O–H groups in total. The van der Waals surface area contributed by atoms with Crippen LogP contribution in [0, 0.1) is 0 Å². The van der Waals surface area contributed by atoms with Gasteiger partial charge in [-0.05, 0) is 29.8 Å². The van der Waals surface area contributed by atoms with Gasteiger partial charge in [0, 0.05) is 0 Å². The van der Waals surface area contributed by atoms with Gasteiger partial charge >= 0.3 is 5.97 Å². The molecule has 27 heavy (non-hydrogen) atoms. The number of esters is 1. The van der Waals surface area contributed by atoms with Crippen LogP contribution in [0.3, 0.4) is 0 Å². The molecule has 2 rings (SSSR count). The van der Waals surface area contributed by atoms with Crippen molar-refractivity contribution in [2.75, 3.05) is 34.5 Å². The quantitative estimate of drug-likeness (QED) is 0.638. The largest absolute Gasteiger partial charge is 0.493 e. The lowest BCUT2D eigenvalue weighted by Gasteiger charge is -2.17. The Hall–Kier alpha value is -2.77. The highest BCUT2D eigenvalue weighted by atomic mass is 16.6. The second kappa shape index (κ2) is 10.4. The molecule has 0 heterocycles. The molecule has 0 aliphatic carbocycles. The van der Waals surface area contributed by atoms with Crippen molar-refractivity contribution in [2.24, 2.45) is 0 Å². The number of ether oxygens (including phenoxy) is 5. The molecule has 0 amide bonds. The summed E-state index contributed by atoms with van der Waals surface area (Å²) in [6.07, 6.45) is -0.656. The average Bonchev–Trinajstić information content (AvgIpc) is 2.73. The van der Waals surface area contributed by atoms with Gasteiger partial charge in [-0.1, -0.05) is 18.2 Å². The molecular formula is C20H24O7. The number of carbonyl (C=O) groups is 1. The Labute approximate surface area is 158 Å². The zero-order chi connectivity index (χ0) is 19.6. The Morgan fingerprint density at radius 2 is 1.63 bits per heavy atom. The second-order valence-electron chi connectivity index (χ2n) is 5.61. The predicted octanol–water partition coefficient (Wildman–Crippen LogP) is 2.45. The molecule has 146 valence electrons. The summed E-state index contributed by atoms with van der Waals surface area (Å²) in [5.74, 6) is 1.03. The van der Waals surface area contributed by atoms with Crippen molar-refractivity contribution in [2.45, 2.75) is 12.7 Å². The van der Waals surface area contributed by atoms with E-state index in [9.17, 15) is 9.90 Å². The van der Waals surface area contributed by atoms with Crippen LogP contribution >= 0.6 is 0 Å². The number of methoxy groups -OCH3 is 3. The molecule has 7 nitrogen and oxygen atoms in total. The summed E-state index contributed by atoms with van der Waals surface area (Å²) in [5, 5.41) is 9.49. The SMILES string of the molecule is COc1cc(CO[C@H](CO)COC(=O)c2ccccc2)cc(OC)c1OC. The van der Waals surface area contributed by atoms with Crippen molar-refractivity contribution in [3.05, 3.63) is 53.6 Å². The van der Waals surface area contributed by atoms with Crippen molar-refractivity contribution in [1.29, 1.82) is 0 Å². The van der Waals surface area contributed by atoms with E-state index in [4.69, 9.17) is 23.7 Å². The van der Waals surface area contributed by atoms with Crippen LogP contribution in [0.2, 0.25) is 0 Å². The van der Waals surface area contributed by atoms with Crippen LogP contribution in [0.5, 0.6) is 17.2 Å².